The first kappa shape index (κ1) is 39.0. The standard InChI is InChI=1S/C29H35ClN7O3P.C3H3F3O2/c1-5-13-37-23-14-20(40-18-25(38)32-15-19-7-10-21(11-8-19)41(3)4)9-12-22(23)36(6-2)26(37)17-34-29(39)27-28(31)33-16-24(30)35-27;1-8-2(7)3(4,5)6/h7-12,14,16H,5-6,13,15,17-18H2,1-4H3,(H3-,31,32,33,34,38,39);1H3/p+1. The number of ether oxygens (including phenoxy) is 2. The predicted molar refractivity (Wildman–Crippen MR) is 181 cm³/mol. The average Bonchev–Trinajstić information content (AvgIpc) is 3.37. The van der Waals surface area contributed by atoms with Crippen LogP contribution in [0.25, 0.3) is 11.0 Å². The number of hydrogen-bond donors (Lipinski definition) is 3. The Kier molecular flexibility index (Phi) is 14.1. The molecule has 2 amide bonds. The van der Waals surface area contributed by atoms with Gasteiger partial charge in [0.2, 0.25) is 0 Å². The maximum atomic E-state index is 12.8. The van der Waals surface area contributed by atoms with E-state index in [4.69, 9.17) is 22.1 Å². The predicted octanol–water partition coefficient (Wildman–Crippen LogP) is 4.10. The largest absolute Gasteiger partial charge is 0.490 e. The summed E-state index contributed by atoms with van der Waals surface area (Å²) in [5, 5.41) is 7.25. The first-order valence-electron chi connectivity index (χ1n) is 15.1. The van der Waals surface area contributed by atoms with Crippen LogP contribution in [0.5, 0.6) is 5.75 Å². The summed E-state index contributed by atoms with van der Waals surface area (Å²) in [6, 6.07) is 14.1. The van der Waals surface area contributed by atoms with Crippen LogP contribution in [0.2, 0.25) is 5.15 Å². The van der Waals surface area contributed by atoms with E-state index in [1.807, 2.05) is 25.1 Å². The molecule has 0 aliphatic rings. The molecule has 0 saturated heterocycles. The molecular weight excluding hydrogens is 686 g/mol. The molecule has 4 aromatic rings. The van der Waals surface area contributed by atoms with E-state index < -0.39 is 18.1 Å². The minimum absolute atomic E-state index is 0.0130. The van der Waals surface area contributed by atoms with Crippen molar-refractivity contribution in [1.29, 1.82) is 0 Å². The number of esters is 1. The molecule has 0 saturated carbocycles. The minimum atomic E-state index is -4.85. The van der Waals surface area contributed by atoms with Crippen LogP contribution in [0.1, 0.15) is 42.1 Å². The number of nitrogens with two attached hydrogens (primary N) is 1. The fraction of sp³-hybridized carbons (Fsp3) is 0.375. The molecule has 4 rings (SSSR count). The van der Waals surface area contributed by atoms with E-state index in [9.17, 15) is 27.6 Å². The van der Waals surface area contributed by atoms with Crippen molar-refractivity contribution in [2.75, 3.05) is 32.8 Å². The smallest absolute Gasteiger partial charge is 0.484 e. The quantitative estimate of drug-likeness (QED) is 0.112. The molecule has 12 nitrogen and oxygen atoms in total. The van der Waals surface area contributed by atoms with Gasteiger partial charge in [-0.25, -0.2) is 23.9 Å². The molecule has 17 heteroatoms. The normalized spacial score (nSPS) is 11.1. The van der Waals surface area contributed by atoms with Crippen LogP contribution in [0, 0.1) is 0 Å². The Morgan fingerprint density at radius 1 is 1.06 bits per heavy atom. The summed E-state index contributed by atoms with van der Waals surface area (Å²) < 4.78 is 46.4. The van der Waals surface area contributed by atoms with E-state index in [0.717, 1.165) is 35.4 Å². The number of nitrogens with one attached hydrogen (secondary N) is 2. The molecule has 0 fully saturated rings. The second-order valence-electron chi connectivity index (χ2n) is 10.7. The van der Waals surface area contributed by atoms with E-state index in [2.05, 4.69) is 79.0 Å². The number of hydrogen-bond acceptors (Lipinski definition) is 8. The molecule has 49 heavy (non-hydrogen) atoms. The number of alkyl halides is 3. The molecular formula is C32H39ClF3N7O5P+. The van der Waals surface area contributed by atoms with Crippen molar-refractivity contribution >= 4 is 59.5 Å². The van der Waals surface area contributed by atoms with Gasteiger partial charge in [-0.3, -0.25) is 9.59 Å². The summed E-state index contributed by atoms with van der Waals surface area (Å²) in [6.07, 6.45) is -2.67. The van der Waals surface area contributed by atoms with Gasteiger partial charge in [0, 0.05) is 12.6 Å². The van der Waals surface area contributed by atoms with E-state index in [-0.39, 0.29) is 43.6 Å². The summed E-state index contributed by atoms with van der Waals surface area (Å²) >= 11 is 5.91. The maximum Gasteiger partial charge on any atom is 0.490 e. The summed E-state index contributed by atoms with van der Waals surface area (Å²) in [5.41, 5.74) is 8.82. The molecule has 0 aliphatic heterocycles. The van der Waals surface area contributed by atoms with Gasteiger partial charge in [-0.15, -0.1) is 0 Å². The Bertz CT molecular complexity index is 1770. The van der Waals surface area contributed by atoms with Gasteiger partial charge in [0.15, 0.2) is 29.2 Å². The van der Waals surface area contributed by atoms with Gasteiger partial charge < -0.3 is 25.8 Å². The lowest BCUT2D eigenvalue weighted by Crippen LogP contribution is -2.40. The lowest BCUT2D eigenvalue weighted by Gasteiger charge is -2.09. The zero-order valence-electron chi connectivity index (χ0n) is 27.7. The van der Waals surface area contributed by atoms with Crippen LogP contribution < -0.4 is 31.0 Å². The van der Waals surface area contributed by atoms with Gasteiger partial charge in [0.25, 0.3) is 17.6 Å². The number of fused-ring (bicyclic) bond motifs is 1. The number of amides is 2. The Labute approximate surface area is 287 Å². The lowest BCUT2D eigenvalue weighted by molar-refractivity contribution is -0.676. The maximum absolute atomic E-state index is 12.8. The Balaban J connectivity index is 0.000000723. The molecule has 0 unspecified atom stereocenters. The molecule has 0 atom stereocenters. The van der Waals surface area contributed by atoms with Crippen molar-refractivity contribution < 1.29 is 41.6 Å². The second kappa shape index (κ2) is 17.8. The SMILES string of the molecule is CCCn1c(CNC(=O)c2nc(Cl)cnc2N)[n+](CC)c2ccc(OCC(=O)NCc3ccc(P(C)C)cc3)cc21.COC(=O)C(F)(F)F. The van der Waals surface area contributed by atoms with Crippen molar-refractivity contribution in [3.63, 3.8) is 0 Å². The van der Waals surface area contributed by atoms with Gasteiger partial charge in [0.05, 0.1) is 26.4 Å². The van der Waals surface area contributed by atoms with Crippen LogP contribution in [0.15, 0.2) is 48.7 Å². The third-order valence-corrected chi connectivity index (χ3v) is 8.55. The van der Waals surface area contributed by atoms with Gasteiger partial charge in [-0.05, 0) is 49.7 Å². The molecule has 0 aliphatic carbocycles. The van der Waals surface area contributed by atoms with Crippen molar-refractivity contribution in [3.8, 4) is 5.75 Å². The zero-order chi connectivity index (χ0) is 36.3. The third-order valence-electron chi connectivity index (χ3n) is 7.04. The van der Waals surface area contributed by atoms with Crippen LogP contribution in [-0.2, 0) is 40.5 Å². The number of carbonyl (C=O) groups excluding carboxylic acids is 3. The zero-order valence-corrected chi connectivity index (χ0v) is 29.4. The lowest BCUT2D eigenvalue weighted by atomic mass is 10.2. The molecule has 0 radical (unpaired) electrons. The monoisotopic (exact) mass is 724 g/mol. The fourth-order valence-corrected chi connectivity index (χ4v) is 5.57. The summed E-state index contributed by atoms with van der Waals surface area (Å²) in [5.74, 6) is -1.31. The van der Waals surface area contributed by atoms with Crippen LogP contribution in [0.3, 0.4) is 0 Å². The molecule has 0 spiro atoms. The van der Waals surface area contributed by atoms with E-state index >= 15 is 0 Å². The highest BCUT2D eigenvalue weighted by molar-refractivity contribution is 7.64. The van der Waals surface area contributed by atoms with Gasteiger partial charge in [-0.1, -0.05) is 50.7 Å². The number of aryl methyl sites for hydroxylation is 2. The van der Waals surface area contributed by atoms with Crippen LogP contribution in [0.4, 0.5) is 19.0 Å². The average molecular weight is 725 g/mol. The number of nitrogens with zero attached hydrogens (tertiary/aromatic N) is 4. The molecule has 2 aromatic heterocycles. The van der Waals surface area contributed by atoms with Crippen LogP contribution >= 0.6 is 19.5 Å². The number of methoxy groups -OCH3 is 1. The molecule has 264 valence electrons. The number of nitrogen functional groups attached to an aromatic ring is 1. The highest BCUT2D eigenvalue weighted by Gasteiger charge is 2.40. The van der Waals surface area contributed by atoms with E-state index in [0.29, 0.717) is 25.9 Å². The molecule has 2 aromatic carbocycles. The molecule has 0 bridgehead atoms. The second-order valence-corrected chi connectivity index (χ2v) is 13.4. The van der Waals surface area contributed by atoms with Crippen molar-refractivity contribution in [2.24, 2.45) is 0 Å². The first-order valence-corrected chi connectivity index (χ1v) is 17.7. The highest BCUT2D eigenvalue weighted by atomic mass is 35.5. The van der Waals surface area contributed by atoms with Gasteiger partial charge in [0.1, 0.15) is 17.4 Å². The number of rotatable bonds is 12. The van der Waals surface area contributed by atoms with E-state index in [1.165, 1.54) is 11.5 Å². The topological polar surface area (TPSA) is 154 Å². The summed E-state index contributed by atoms with van der Waals surface area (Å²) in [7, 11) is 0.535. The number of imidazole rings is 1. The number of anilines is 1. The number of halogens is 4. The highest BCUT2D eigenvalue weighted by Crippen LogP contribution is 2.24. The number of benzene rings is 2. The molecule has 4 N–H and O–H groups in total. The minimum Gasteiger partial charge on any atom is -0.484 e. The van der Waals surface area contributed by atoms with Crippen molar-refractivity contribution in [1.82, 2.24) is 25.2 Å². The Hall–Kier alpha value is -4.49. The summed E-state index contributed by atoms with van der Waals surface area (Å²) in [6.45, 7) is 10.6. The van der Waals surface area contributed by atoms with Gasteiger partial charge >= 0.3 is 12.1 Å². The summed E-state index contributed by atoms with van der Waals surface area (Å²) in [4.78, 5) is 42.8. The van der Waals surface area contributed by atoms with E-state index in [1.54, 1.807) is 0 Å². The Morgan fingerprint density at radius 2 is 1.76 bits per heavy atom. The van der Waals surface area contributed by atoms with Crippen LogP contribution in [-0.4, -0.2) is 65.5 Å². The Morgan fingerprint density at radius 3 is 2.33 bits per heavy atom. The van der Waals surface area contributed by atoms with Crippen molar-refractivity contribution in [2.45, 2.75) is 52.6 Å². The number of aromatic nitrogens is 4. The third kappa shape index (κ3) is 10.8. The first-order chi connectivity index (χ1) is 23.2. The number of carbonyl (C=O) groups is 3. The fourth-order valence-electron chi connectivity index (χ4n) is 4.69. The van der Waals surface area contributed by atoms with Crippen molar-refractivity contribution in [3.05, 3.63) is 70.9 Å². The molecule has 2 heterocycles. The van der Waals surface area contributed by atoms with Gasteiger partial charge in [-0.2, -0.15) is 13.2 Å².